The quantitative estimate of drug-likeness (QED) is 0.832. The molecular formula is C18H16O2. The van der Waals surface area contributed by atoms with Crippen LogP contribution in [0.1, 0.15) is 30.6 Å². The molecular weight excluding hydrogens is 248 g/mol. The van der Waals surface area contributed by atoms with Gasteiger partial charge in [0.25, 0.3) is 0 Å². The van der Waals surface area contributed by atoms with Crippen molar-refractivity contribution in [2.45, 2.75) is 19.4 Å². The van der Waals surface area contributed by atoms with Crippen molar-refractivity contribution in [3.8, 4) is 0 Å². The molecule has 0 radical (unpaired) electrons. The Hall–Kier alpha value is -2.35. The smallest absolute Gasteiger partial charge is 0.159 e. The lowest BCUT2D eigenvalue weighted by atomic mass is 10.00. The molecule has 1 heterocycles. The van der Waals surface area contributed by atoms with Crippen molar-refractivity contribution in [3.63, 3.8) is 0 Å². The van der Waals surface area contributed by atoms with E-state index in [1.165, 1.54) is 0 Å². The molecule has 1 aliphatic rings. The molecule has 0 saturated carbocycles. The van der Waals surface area contributed by atoms with Crippen LogP contribution in [0.4, 0.5) is 0 Å². The summed E-state index contributed by atoms with van der Waals surface area (Å²) < 4.78 is 6.07. The molecule has 0 aliphatic carbocycles. The van der Waals surface area contributed by atoms with E-state index in [0.29, 0.717) is 6.42 Å². The summed E-state index contributed by atoms with van der Waals surface area (Å²) >= 11 is 0. The minimum absolute atomic E-state index is 0.0645. The highest BCUT2D eigenvalue weighted by Gasteiger charge is 2.29. The lowest BCUT2D eigenvalue weighted by molar-refractivity contribution is -0.113. The summed E-state index contributed by atoms with van der Waals surface area (Å²) in [6.07, 6.45) is 0.578. The molecule has 0 aromatic heterocycles. The van der Waals surface area contributed by atoms with Crippen LogP contribution < -0.4 is 0 Å². The summed E-state index contributed by atoms with van der Waals surface area (Å²) in [4.78, 5) is 11.9. The van der Waals surface area contributed by atoms with Gasteiger partial charge >= 0.3 is 0 Å². The number of Topliss-reactive ketones (excluding diaryl/α,β-unsaturated/α-hetero) is 1. The minimum atomic E-state index is -0.0645. The van der Waals surface area contributed by atoms with Crippen molar-refractivity contribution in [3.05, 3.63) is 77.4 Å². The number of hydrogen-bond donors (Lipinski definition) is 0. The van der Waals surface area contributed by atoms with Crippen LogP contribution in [0.15, 0.2) is 66.2 Å². The maximum Gasteiger partial charge on any atom is 0.159 e. The van der Waals surface area contributed by atoms with Gasteiger partial charge in [-0.2, -0.15) is 0 Å². The van der Waals surface area contributed by atoms with Gasteiger partial charge in [-0.1, -0.05) is 60.7 Å². The second-order valence-corrected chi connectivity index (χ2v) is 4.95. The molecule has 3 rings (SSSR count). The van der Waals surface area contributed by atoms with Gasteiger partial charge in [0.1, 0.15) is 11.9 Å². The Morgan fingerprint density at radius 3 is 2.20 bits per heavy atom. The highest BCUT2D eigenvalue weighted by molar-refractivity contribution is 6.00. The van der Waals surface area contributed by atoms with E-state index in [1.807, 2.05) is 60.7 Å². The van der Waals surface area contributed by atoms with Gasteiger partial charge in [-0.3, -0.25) is 4.79 Å². The van der Waals surface area contributed by atoms with Crippen molar-refractivity contribution in [2.75, 3.05) is 0 Å². The van der Waals surface area contributed by atoms with Crippen LogP contribution in [0.3, 0.4) is 0 Å². The highest BCUT2D eigenvalue weighted by Crippen LogP contribution is 2.40. The molecule has 2 heteroatoms. The third kappa shape index (κ3) is 2.37. The van der Waals surface area contributed by atoms with Gasteiger partial charge < -0.3 is 4.74 Å². The van der Waals surface area contributed by atoms with Crippen molar-refractivity contribution < 1.29 is 9.53 Å². The monoisotopic (exact) mass is 264 g/mol. The number of carbonyl (C=O) groups excluding carboxylic acids is 1. The molecule has 2 aromatic carbocycles. The highest BCUT2D eigenvalue weighted by atomic mass is 16.5. The van der Waals surface area contributed by atoms with E-state index in [2.05, 4.69) is 0 Å². The first-order valence-electron chi connectivity index (χ1n) is 6.77. The standard InChI is InChI=1S/C18H16O2/c1-13(19)16-12-17(14-8-4-2-5-9-14)20-18(16)15-10-6-3-7-11-15/h2-11,17H,12H2,1H3/t17-/m1/s1. The van der Waals surface area contributed by atoms with Gasteiger partial charge in [-0.15, -0.1) is 0 Å². The first-order chi connectivity index (χ1) is 9.75. The van der Waals surface area contributed by atoms with Gasteiger partial charge in [0, 0.05) is 17.6 Å². The summed E-state index contributed by atoms with van der Waals surface area (Å²) in [6.45, 7) is 1.61. The fraction of sp³-hybridized carbons (Fsp3) is 0.167. The SMILES string of the molecule is CC(=O)C1=C(c2ccccc2)O[C@@H](c2ccccc2)C1. The molecule has 0 saturated heterocycles. The van der Waals surface area contributed by atoms with Crippen molar-refractivity contribution in [2.24, 2.45) is 0 Å². The van der Waals surface area contributed by atoms with Crippen LogP contribution in [0.5, 0.6) is 0 Å². The Morgan fingerprint density at radius 2 is 1.60 bits per heavy atom. The summed E-state index contributed by atoms with van der Waals surface area (Å²) in [6, 6.07) is 19.9. The van der Waals surface area contributed by atoms with E-state index >= 15 is 0 Å². The normalized spacial score (nSPS) is 17.9. The predicted molar refractivity (Wildman–Crippen MR) is 78.9 cm³/mol. The topological polar surface area (TPSA) is 26.3 Å². The van der Waals surface area contributed by atoms with Crippen molar-refractivity contribution >= 4 is 11.5 Å². The van der Waals surface area contributed by atoms with E-state index in [1.54, 1.807) is 6.92 Å². The Morgan fingerprint density at radius 1 is 1.00 bits per heavy atom. The molecule has 1 aliphatic heterocycles. The van der Waals surface area contributed by atoms with Gasteiger partial charge in [0.2, 0.25) is 0 Å². The molecule has 0 N–H and O–H groups in total. The number of benzene rings is 2. The Balaban J connectivity index is 1.95. The maximum absolute atomic E-state index is 11.9. The summed E-state index contributed by atoms with van der Waals surface area (Å²) in [5.41, 5.74) is 2.86. The molecule has 0 fully saturated rings. The minimum Gasteiger partial charge on any atom is -0.484 e. The average Bonchev–Trinajstić information content (AvgIpc) is 2.94. The second-order valence-electron chi connectivity index (χ2n) is 4.95. The Labute approximate surface area is 118 Å². The Kier molecular flexibility index (Phi) is 3.38. The molecule has 1 atom stereocenters. The molecule has 0 unspecified atom stereocenters. The predicted octanol–water partition coefficient (Wildman–Crippen LogP) is 4.15. The molecule has 0 spiro atoms. The van der Waals surface area contributed by atoms with E-state index in [9.17, 15) is 4.79 Å². The van der Waals surface area contributed by atoms with Crippen molar-refractivity contribution in [1.82, 2.24) is 0 Å². The molecule has 0 bridgehead atoms. The van der Waals surface area contributed by atoms with Crippen LogP contribution in [0.2, 0.25) is 0 Å². The molecule has 0 amide bonds. The van der Waals surface area contributed by atoms with E-state index in [0.717, 1.165) is 22.5 Å². The average molecular weight is 264 g/mol. The van der Waals surface area contributed by atoms with Gasteiger partial charge in [-0.05, 0) is 12.5 Å². The van der Waals surface area contributed by atoms with Crippen molar-refractivity contribution in [1.29, 1.82) is 0 Å². The number of ketones is 1. The Bertz CT molecular complexity index is 642. The maximum atomic E-state index is 11.9. The van der Waals surface area contributed by atoms with Crippen LogP contribution >= 0.6 is 0 Å². The zero-order chi connectivity index (χ0) is 13.9. The van der Waals surface area contributed by atoms with Crippen LogP contribution in [-0.4, -0.2) is 5.78 Å². The van der Waals surface area contributed by atoms with Crippen LogP contribution in [0, 0.1) is 0 Å². The summed E-state index contributed by atoms with van der Waals surface area (Å²) in [5, 5.41) is 0. The zero-order valence-corrected chi connectivity index (χ0v) is 11.4. The number of ether oxygens (including phenoxy) is 1. The van der Waals surface area contributed by atoms with Crippen LogP contribution in [0.25, 0.3) is 5.76 Å². The molecule has 100 valence electrons. The fourth-order valence-electron chi connectivity index (χ4n) is 2.52. The third-order valence-electron chi connectivity index (χ3n) is 3.56. The van der Waals surface area contributed by atoms with E-state index < -0.39 is 0 Å². The molecule has 2 aromatic rings. The summed E-state index contributed by atoms with van der Waals surface area (Å²) in [7, 11) is 0. The van der Waals surface area contributed by atoms with E-state index in [4.69, 9.17) is 4.74 Å². The number of rotatable bonds is 3. The van der Waals surface area contributed by atoms with Gasteiger partial charge in [0.15, 0.2) is 5.78 Å². The van der Waals surface area contributed by atoms with Crippen LogP contribution in [-0.2, 0) is 9.53 Å². The zero-order valence-electron chi connectivity index (χ0n) is 11.4. The van der Waals surface area contributed by atoms with Gasteiger partial charge in [0.05, 0.1) is 0 Å². The first-order valence-corrected chi connectivity index (χ1v) is 6.77. The summed E-state index contributed by atoms with van der Waals surface area (Å²) in [5.74, 6) is 0.814. The van der Waals surface area contributed by atoms with E-state index in [-0.39, 0.29) is 11.9 Å². The largest absolute Gasteiger partial charge is 0.484 e. The lowest BCUT2D eigenvalue weighted by Crippen LogP contribution is -1.98. The number of carbonyl (C=O) groups is 1. The second kappa shape index (κ2) is 5.33. The fourth-order valence-corrected chi connectivity index (χ4v) is 2.52. The molecule has 2 nitrogen and oxygen atoms in total. The molecule has 20 heavy (non-hydrogen) atoms. The lowest BCUT2D eigenvalue weighted by Gasteiger charge is -2.13. The third-order valence-corrected chi connectivity index (χ3v) is 3.56. The first kappa shape index (κ1) is 12.7. The number of hydrogen-bond acceptors (Lipinski definition) is 2. The van der Waals surface area contributed by atoms with Gasteiger partial charge in [-0.25, -0.2) is 0 Å².